The van der Waals surface area contributed by atoms with Crippen LogP contribution >= 0.6 is 34.8 Å². The molecule has 0 saturated carbocycles. The third kappa shape index (κ3) is 5.60. The van der Waals surface area contributed by atoms with E-state index in [0.29, 0.717) is 10.6 Å². The molecule has 2 rings (SSSR count). The van der Waals surface area contributed by atoms with Crippen molar-refractivity contribution in [2.75, 3.05) is 17.1 Å². The van der Waals surface area contributed by atoms with Gasteiger partial charge < -0.3 is 0 Å². The number of halogens is 3. The van der Waals surface area contributed by atoms with E-state index in [1.165, 1.54) is 24.4 Å². The van der Waals surface area contributed by atoms with E-state index in [9.17, 15) is 13.2 Å². The quantitative estimate of drug-likeness (QED) is 0.558. The number of anilines is 1. The second kappa shape index (κ2) is 8.73. The molecule has 0 saturated heterocycles. The van der Waals surface area contributed by atoms with Crippen LogP contribution in [-0.4, -0.2) is 33.3 Å². The second-order valence-corrected chi connectivity index (χ2v) is 8.32. The summed E-state index contributed by atoms with van der Waals surface area (Å²) in [7, 11) is -3.77. The van der Waals surface area contributed by atoms with Crippen LogP contribution in [0.4, 0.5) is 5.69 Å². The number of nitrogens with zero attached hydrogens (tertiary/aromatic N) is 2. The van der Waals surface area contributed by atoms with E-state index in [1.54, 1.807) is 24.3 Å². The Kier molecular flexibility index (Phi) is 6.88. The molecule has 0 aliphatic rings. The number of amides is 1. The normalized spacial score (nSPS) is 11.5. The third-order valence-electron chi connectivity index (χ3n) is 3.16. The fourth-order valence-corrected chi connectivity index (χ4v) is 3.39. The van der Waals surface area contributed by atoms with Crippen molar-refractivity contribution in [3.8, 4) is 0 Å². The summed E-state index contributed by atoms with van der Waals surface area (Å²) in [6, 6.07) is 11.3. The van der Waals surface area contributed by atoms with Crippen LogP contribution in [0.2, 0.25) is 15.1 Å². The number of nitrogens with one attached hydrogen (secondary N) is 1. The first-order valence-corrected chi connectivity index (χ1v) is 10.2. The highest BCUT2D eigenvalue weighted by Crippen LogP contribution is 2.33. The number of hydrogen-bond acceptors (Lipinski definition) is 4. The molecular weight excluding hydrogens is 421 g/mol. The third-order valence-corrected chi connectivity index (χ3v) is 5.35. The number of carbonyl (C=O) groups is 1. The molecule has 0 unspecified atom stereocenters. The Morgan fingerprint density at radius 3 is 2.42 bits per heavy atom. The van der Waals surface area contributed by atoms with Gasteiger partial charge in [-0.3, -0.25) is 9.10 Å². The van der Waals surface area contributed by atoms with Gasteiger partial charge in [0.15, 0.2) is 0 Å². The summed E-state index contributed by atoms with van der Waals surface area (Å²) in [5.41, 5.74) is 3.09. The number of hydrogen-bond donors (Lipinski definition) is 1. The average Bonchev–Trinajstić information content (AvgIpc) is 2.56. The molecule has 6 nitrogen and oxygen atoms in total. The molecule has 0 spiro atoms. The molecule has 0 bridgehead atoms. The van der Waals surface area contributed by atoms with Gasteiger partial charge in [-0.15, -0.1) is 0 Å². The predicted octanol–water partition coefficient (Wildman–Crippen LogP) is 3.56. The highest BCUT2D eigenvalue weighted by molar-refractivity contribution is 7.92. The molecule has 2 aromatic rings. The Morgan fingerprint density at radius 1 is 1.15 bits per heavy atom. The lowest BCUT2D eigenvalue weighted by atomic mass is 10.2. The first kappa shape index (κ1) is 20.5. The van der Waals surface area contributed by atoms with Crippen molar-refractivity contribution < 1.29 is 13.2 Å². The van der Waals surface area contributed by atoms with E-state index in [1.807, 2.05) is 0 Å². The van der Waals surface area contributed by atoms with E-state index < -0.39 is 22.5 Å². The van der Waals surface area contributed by atoms with Crippen molar-refractivity contribution in [3.63, 3.8) is 0 Å². The zero-order valence-corrected chi connectivity index (χ0v) is 16.6. The van der Waals surface area contributed by atoms with Crippen LogP contribution in [0.1, 0.15) is 5.56 Å². The van der Waals surface area contributed by atoms with E-state index >= 15 is 0 Å². The molecule has 0 atom stereocenters. The summed E-state index contributed by atoms with van der Waals surface area (Å²) in [6.45, 7) is -0.503. The van der Waals surface area contributed by atoms with Crippen molar-refractivity contribution in [1.29, 1.82) is 0 Å². The lowest BCUT2D eigenvalue weighted by Gasteiger charge is -2.22. The zero-order valence-electron chi connectivity index (χ0n) is 13.5. The Bertz CT molecular complexity index is 932. The van der Waals surface area contributed by atoms with E-state index in [-0.39, 0.29) is 15.7 Å². The lowest BCUT2D eigenvalue weighted by Crippen LogP contribution is -2.39. The molecule has 1 amide bonds. The second-order valence-electron chi connectivity index (χ2n) is 5.19. The van der Waals surface area contributed by atoms with Crippen molar-refractivity contribution in [3.05, 3.63) is 63.1 Å². The Morgan fingerprint density at radius 2 is 1.81 bits per heavy atom. The van der Waals surface area contributed by atoms with Crippen LogP contribution in [-0.2, 0) is 14.8 Å². The van der Waals surface area contributed by atoms with Crippen LogP contribution in [0.5, 0.6) is 0 Å². The summed E-state index contributed by atoms with van der Waals surface area (Å²) >= 11 is 17.8. The molecular formula is C16H14Cl3N3O3S. The van der Waals surface area contributed by atoms with Crippen molar-refractivity contribution in [2.24, 2.45) is 5.10 Å². The number of rotatable bonds is 6. The fourth-order valence-electron chi connectivity index (χ4n) is 1.96. The highest BCUT2D eigenvalue weighted by atomic mass is 35.5. The van der Waals surface area contributed by atoms with E-state index in [4.69, 9.17) is 34.8 Å². The van der Waals surface area contributed by atoms with Gasteiger partial charge in [-0.2, -0.15) is 5.10 Å². The SMILES string of the molecule is CS(=O)(=O)N(CC(=O)N/N=C\c1ccc(Cl)cc1)c1cccc(Cl)c1Cl. The maximum atomic E-state index is 12.1. The Labute approximate surface area is 166 Å². The molecule has 0 fully saturated rings. The van der Waals surface area contributed by atoms with E-state index in [0.717, 1.165) is 10.6 Å². The molecule has 10 heteroatoms. The van der Waals surface area contributed by atoms with Gasteiger partial charge in [0.2, 0.25) is 10.0 Å². The minimum absolute atomic E-state index is 0.0389. The van der Waals surface area contributed by atoms with Crippen LogP contribution in [0.15, 0.2) is 47.6 Å². The monoisotopic (exact) mass is 433 g/mol. The summed E-state index contributed by atoms with van der Waals surface area (Å²) in [5, 5.41) is 4.59. The summed E-state index contributed by atoms with van der Waals surface area (Å²) < 4.78 is 25.0. The Balaban J connectivity index is 2.12. The molecule has 0 aromatic heterocycles. The maximum Gasteiger partial charge on any atom is 0.260 e. The van der Waals surface area contributed by atoms with E-state index in [2.05, 4.69) is 10.5 Å². The molecule has 2 aromatic carbocycles. The topological polar surface area (TPSA) is 78.8 Å². The summed E-state index contributed by atoms with van der Waals surface area (Å²) in [5.74, 6) is -0.642. The number of carbonyl (C=O) groups excluding carboxylic acids is 1. The van der Waals surface area contributed by atoms with Crippen LogP contribution < -0.4 is 9.73 Å². The standard InChI is InChI=1S/C16H14Cl3N3O3S/c1-26(24,25)22(14-4-2-3-13(18)16(14)19)10-15(23)21-20-9-11-5-7-12(17)8-6-11/h2-9H,10H2,1H3,(H,21,23)/b20-9-. The van der Waals surface area contributed by atoms with Crippen LogP contribution in [0, 0.1) is 0 Å². The molecule has 138 valence electrons. The van der Waals surface area contributed by atoms with Crippen LogP contribution in [0.25, 0.3) is 0 Å². The molecule has 0 radical (unpaired) electrons. The smallest absolute Gasteiger partial charge is 0.260 e. The first-order valence-electron chi connectivity index (χ1n) is 7.17. The van der Waals surface area contributed by atoms with Gasteiger partial charge in [-0.1, -0.05) is 53.0 Å². The van der Waals surface area contributed by atoms with Gasteiger partial charge in [-0.25, -0.2) is 13.8 Å². The lowest BCUT2D eigenvalue weighted by molar-refractivity contribution is -0.119. The molecule has 26 heavy (non-hydrogen) atoms. The van der Waals surface area contributed by atoms with Gasteiger partial charge in [0.25, 0.3) is 5.91 Å². The number of hydrazone groups is 1. The average molecular weight is 435 g/mol. The van der Waals surface area contributed by atoms with Gasteiger partial charge in [-0.05, 0) is 29.8 Å². The van der Waals surface area contributed by atoms with Crippen molar-refractivity contribution in [1.82, 2.24) is 5.43 Å². The Hall–Kier alpha value is -1.80. The molecule has 0 aliphatic carbocycles. The van der Waals surface area contributed by atoms with Crippen molar-refractivity contribution in [2.45, 2.75) is 0 Å². The predicted molar refractivity (Wildman–Crippen MR) is 106 cm³/mol. The van der Waals surface area contributed by atoms with Crippen molar-refractivity contribution >= 4 is 62.6 Å². The minimum atomic E-state index is -3.77. The zero-order chi connectivity index (χ0) is 19.3. The molecule has 1 N–H and O–H groups in total. The first-order chi connectivity index (χ1) is 12.2. The van der Waals surface area contributed by atoms with Gasteiger partial charge in [0, 0.05) is 5.02 Å². The fraction of sp³-hybridized carbons (Fsp3) is 0.125. The number of sulfonamides is 1. The number of benzene rings is 2. The van der Waals surface area contributed by atoms with Gasteiger partial charge in [0.1, 0.15) is 6.54 Å². The minimum Gasteiger partial charge on any atom is -0.271 e. The maximum absolute atomic E-state index is 12.1. The van der Waals surface area contributed by atoms with Gasteiger partial charge >= 0.3 is 0 Å². The van der Waals surface area contributed by atoms with Crippen LogP contribution in [0.3, 0.4) is 0 Å². The molecule has 0 heterocycles. The summed E-state index contributed by atoms with van der Waals surface area (Å²) in [4.78, 5) is 12.1. The summed E-state index contributed by atoms with van der Waals surface area (Å²) in [6.07, 6.45) is 2.37. The highest BCUT2D eigenvalue weighted by Gasteiger charge is 2.23. The molecule has 0 aliphatic heterocycles. The largest absolute Gasteiger partial charge is 0.271 e. The van der Waals surface area contributed by atoms with Gasteiger partial charge in [0.05, 0.1) is 28.2 Å².